The van der Waals surface area contributed by atoms with Crippen LogP contribution in [0.4, 0.5) is 0 Å². The Bertz CT molecular complexity index is 608. The molecule has 0 unspecified atom stereocenters. The van der Waals surface area contributed by atoms with E-state index in [9.17, 15) is 13.2 Å². The van der Waals surface area contributed by atoms with E-state index >= 15 is 0 Å². The Balaban J connectivity index is 2.33. The fourth-order valence-electron chi connectivity index (χ4n) is 1.78. The lowest BCUT2D eigenvalue weighted by Crippen LogP contribution is -2.38. The number of carbonyl (C=O) groups excluding carboxylic acids is 1. The highest BCUT2D eigenvalue weighted by atomic mass is 79.9. The third-order valence-corrected chi connectivity index (χ3v) is 7.90. The molecule has 1 aromatic rings. The molecule has 1 amide bonds. The summed E-state index contributed by atoms with van der Waals surface area (Å²) in [6.45, 7) is 0.0402. The minimum atomic E-state index is -3.74. The van der Waals surface area contributed by atoms with Gasteiger partial charge in [-0.2, -0.15) is 0 Å². The third kappa shape index (κ3) is 2.70. The maximum absolute atomic E-state index is 12.3. The predicted octanol–water partition coefficient (Wildman–Crippen LogP) is 2.60. The normalized spacial score (nSPS) is 20.2. The average Bonchev–Trinajstić information content (AvgIpc) is 2.59. The molecule has 0 bridgehead atoms. The van der Waals surface area contributed by atoms with Gasteiger partial charge in [-0.05, 0) is 12.1 Å². The number of benzene rings is 1. The van der Waals surface area contributed by atoms with Crippen LogP contribution in [0.3, 0.4) is 0 Å². The molecule has 2 rings (SSSR count). The van der Waals surface area contributed by atoms with Gasteiger partial charge in [0.15, 0.2) is 0 Å². The Labute approximate surface area is 133 Å². The SMILES string of the molecule is O=C1c2ccccc2S(=O)(=O)N1C[C@H](Br)[C@@H](Br)CCl. The summed E-state index contributed by atoms with van der Waals surface area (Å²) in [6.07, 6.45) is 0. The Morgan fingerprint density at radius 2 is 1.84 bits per heavy atom. The minimum Gasteiger partial charge on any atom is -0.268 e. The Morgan fingerprint density at radius 1 is 1.21 bits per heavy atom. The van der Waals surface area contributed by atoms with Gasteiger partial charge >= 0.3 is 0 Å². The number of halogens is 3. The molecular weight excluding hydrogens is 421 g/mol. The first-order chi connectivity index (χ1) is 8.89. The van der Waals surface area contributed by atoms with Gasteiger partial charge in [0.25, 0.3) is 15.9 Å². The van der Waals surface area contributed by atoms with Crippen LogP contribution in [0.25, 0.3) is 0 Å². The monoisotopic (exact) mass is 429 g/mol. The van der Waals surface area contributed by atoms with Crippen LogP contribution in [-0.4, -0.2) is 40.7 Å². The molecule has 0 spiro atoms. The summed E-state index contributed by atoms with van der Waals surface area (Å²) in [4.78, 5) is 11.8. The van der Waals surface area contributed by atoms with Crippen molar-refractivity contribution in [1.82, 2.24) is 4.31 Å². The molecule has 0 saturated carbocycles. The Kier molecular flexibility index (Phi) is 4.59. The van der Waals surface area contributed by atoms with Crippen molar-refractivity contribution in [1.29, 1.82) is 0 Å². The second-order valence-electron chi connectivity index (χ2n) is 4.02. The summed E-state index contributed by atoms with van der Waals surface area (Å²) in [5, 5.41) is 0. The number of hydrogen-bond donors (Lipinski definition) is 0. The van der Waals surface area contributed by atoms with Crippen LogP contribution in [0.5, 0.6) is 0 Å². The zero-order chi connectivity index (χ0) is 14.2. The highest BCUT2D eigenvalue weighted by molar-refractivity contribution is 9.12. The molecule has 2 atom stereocenters. The van der Waals surface area contributed by atoms with Crippen molar-refractivity contribution >= 4 is 59.4 Å². The minimum absolute atomic E-state index is 0.0402. The maximum Gasteiger partial charge on any atom is 0.269 e. The number of carbonyl (C=O) groups is 1. The number of sulfonamides is 1. The molecule has 0 aromatic heterocycles. The molecule has 1 aromatic carbocycles. The van der Waals surface area contributed by atoms with E-state index in [1.165, 1.54) is 12.1 Å². The summed E-state index contributed by atoms with van der Waals surface area (Å²) in [6, 6.07) is 6.21. The van der Waals surface area contributed by atoms with Crippen molar-refractivity contribution in [2.75, 3.05) is 12.4 Å². The first kappa shape index (κ1) is 15.3. The first-order valence-electron chi connectivity index (χ1n) is 5.39. The fourth-order valence-corrected chi connectivity index (χ4v) is 4.64. The highest BCUT2D eigenvalue weighted by Gasteiger charge is 2.42. The molecule has 0 fully saturated rings. The summed E-state index contributed by atoms with van der Waals surface area (Å²) < 4.78 is 25.4. The van der Waals surface area contributed by atoms with Gasteiger partial charge in [0.05, 0.1) is 12.1 Å². The Hall–Kier alpha value is -0.110. The highest BCUT2D eigenvalue weighted by Crippen LogP contribution is 2.31. The number of rotatable bonds is 4. The zero-order valence-corrected chi connectivity index (χ0v) is 14.3. The molecule has 0 N–H and O–H groups in total. The van der Waals surface area contributed by atoms with E-state index in [1.54, 1.807) is 12.1 Å². The van der Waals surface area contributed by atoms with E-state index in [4.69, 9.17) is 11.6 Å². The van der Waals surface area contributed by atoms with E-state index in [1.807, 2.05) is 0 Å². The molecule has 0 radical (unpaired) electrons. The van der Waals surface area contributed by atoms with E-state index < -0.39 is 15.9 Å². The largest absolute Gasteiger partial charge is 0.269 e. The molecular formula is C11H10Br2ClNO3S. The van der Waals surface area contributed by atoms with Crippen LogP contribution < -0.4 is 0 Å². The Morgan fingerprint density at radius 3 is 2.42 bits per heavy atom. The number of alkyl halides is 3. The van der Waals surface area contributed by atoms with Crippen LogP contribution in [0.2, 0.25) is 0 Å². The summed E-state index contributed by atoms with van der Waals surface area (Å²) in [5.41, 5.74) is 0.221. The van der Waals surface area contributed by atoms with E-state index in [0.717, 1.165) is 4.31 Å². The molecule has 1 aliphatic heterocycles. The van der Waals surface area contributed by atoms with Crippen LogP contribution in [0, 0.1) is 0 Å². The molecule has 19 heavy (non-hydrogen) atoms. The standard InChI is InChI=1S/C11H10Br2ClNO3S/c12-8(5-14)9(13)6-15-11(16)7-3-1-2-4-10(7)19(15,17)18/h1-4,8-9H,5-6H2/t8-,9-/m0/s1. The van der Waals surface area contributed by atoms with Crippen LogP contribution in [0.15, 0.2) is 29.2 Å². The lowest BCUT2D eigenvalue weighted by molar-refractivity contribution is 0.0872. The number of fused-ring (bicyclic) bond motifs is 1. The van der Waals surface area contributed by atoms with E-state index in [0.29, 0.717) is 5.88 Å². The molecule has 1 heterocycles. The van der Waals surface area contributed by atoms with Gasteiger partial charge in [-0.3, -0.25) is 4.79 Å². The number of nitrogens with zero attached hydrogens (tertiary/aromatic N) is 1. The zero-order valence-electron chi connectivity index (χ0n) is 9.59. The fraction of sp³-hybridized carbons (Fsp3) is 0.364. The molecule has 8 heteroatoms. The van der Waals surface area contributed by atoms with Crippen LogP contribution >= 0.6 is 43.5 Å². The van der Waals surface area contributed by atoms with Gasteiger partial charge in [0, 0.05) is 15.5 Å². The quantitative estimate of drug-likeness (QED) is 0.689. The molecule has 0 aliphatic carbocycles. The average molecular weight is 432 g/mol. The summed E-state index contributed by atoms with van der Waals surface area (Å²) in [5.74, 6) is -0.181. The number of hydrogen-bond acceptors (Lipinski definition) is 3. The van der Waals surface area contributed by atoms with Gasteiger partial charge < -0.3 is 0 Å². The summed E-state index contributed by atoms with van der Waals surface area (Å²) in [7, 11) is -3.74. The van der Waals surface area contributed by atoms with E-state index in [-0.39, 0.29) is 26.7 Å². The topological polar surface area (TPSA) is 54.5 Å². The smallest absolute Gasteiger partial charge is 0.268 e. The van der Waals surface area contributed by atoms with Crippen molar-refractivity contribution in [3.05, 3.63) is 29.8 Å². The van der Waals surface area contributed by atoms with Gasteiger partial charge in [0.1, 0.15) is 4.90 Å². The predicted molar refractivity (Wildman–Crippen MR) is 80.8 cm³/mol. The van der Waals surface area contributed by atoms with Gasteiger partial charge in [0.2, 0.25) is 0 Å². The van der Waals surface area contributed by atoms with Crippen molar-refractivity contribution in [2.45, 2.75) is 14.5 Å². The lowest BCUT2D eigenvalue weighted by Gasteiger charge is -2.21. The van der Waals surface area contributed by atoms with Gasteiger partial charge in [-0.15, -0.1) is 11.6 Å². The third-order valence-electron chi connectivity index (χ3n) is 2.79. The van der Waals surface area contributed by atoms with Crippen LogP contribution in [0.1, 0.15) is 10.4 Å². The van der Waals surface area contributed by atoms with Crippen molar-refractivity contribution < 1.29 is 13.2 Å². The lowest BCUT2D eigenvalue weighted by atomic mass is 10.2. The van der Waals surface area contributed by atoms with Crippen molar-refractivity contribution in [2.24, 2.45) is 0 Å². The molecule has 0 saturated heterocycles. The molecule has 1 aliphatic rings. The number of amides is 1. The van der Waals surface area contributed by atoms with Crippen LogP contribution in [-0.2, 0) is 10.0 Å². The maximum atomic E-state index is 12.3. The van der Waals surface area contributed by atoms with Gasteiger partial charge in [-0.25, -0.2) is 12.7 Å². The second kappa shape index (κ2) is 5.71. The van der Waals surface area contributed by atoms with E-state index in [2.05, 4.69) is 31.9 Å². The molecule has 4 nitrogen and oxygen atoms in total. The van der Waals surface area contributed by atoms with Crippen molar-refractivity contribution in [3.63, 3.8) is 0 Å². The first-order valence-corrected chi connectivity index (χ1v) is 9.20. The van der Waals surface area contributed by atoms with Gasteiger partial charge in [-0.1, -0.05) is 44.0 Å². The molecule has 104 valence electrons. The summed E-state index contributed by atoms with van der Waals surface area (Å²) >= 11 is 12.4. The second-order valence-corrected chi connectivity index (χ2v) is 8.52. The van der Waals surface area contributed by atoms with Crippen molar-refractivity contribution in [3.8, 4) is 0 Å².